The summed E-state index contributed by atoms with van der Waals surface area (Å²) in [5, 5.41) is 0. The molecule has 0 radical (unpaired) electrons. The number of anilines is 1. The van der Waals surface area contributed by atoms with Crippen LogP contribution in [0.2, 0.25) is 0 Å². The first-order chi connectivity index (χ1) is 7.89. The molecule has 0 aliphatic carbocycles. The van der Waals surface area contributed by atoms with Crippen LogP contribution in [0.5, 0.6) is 0 Å². The van der Waals surface area contributed by atoms with Gasteiger partial charge in [-0.2, -0.15) is 0 Å². The Morgan fingerprint density at radius 2 is 2.00 bits per heavy atom. The molecule has 90 valence electrons. The van der Waals surface area contributed by atoms with E-state index in [2.05, 4.69) is 25.8 Å². The molecule has 0 spiro atoms. The van der Waals surface area contributed by atoms with Gasteiger partial charge in [0.1, 0.15) is 5.82 Å². The molecule has 0 atom stereocenters. The van der Waals surface area contributed by atoms with E-state index in [4.69, 9.17) is 5.73 Å². The number of nitrogen functional groups attached to an aromatic ring is 1. The van der Waals surface area contributed by atoms with Crippen molar-refractivity contribution in [3.05, 3.63) is 42.2 Å². The second-order valence-corrected chi connectivity index (χ2v) is 5.10. The van der Waals surface area contributed by atoms with E-state index >= 15 is 0 Å². The lowest BCUT2D eigenvalue weighted by atomic mass is 9.92. The van der Waals surface area contributed by atoms with Gasteiger partial charge >= 0.3 is 0 Å². The maximum absolute atomic E-state index is 13.1. The maximum atomic E-state index is 13.1. The topological polar surface area (TPSA) is 43.8 Å². The van der Waals surface area contributed by atoms with Gasteiger partial charge in [-0.05, 0) is 18.2 Å². The number of imidazole rings is 1. The largest absolute Gasteiger partial charge is 0.396 e. The van der Waals surface area contributed by atoms with Crippen molar-refractivity contribution < 1.29 is 4.39 Å². The molecule has 4 heteroatoms. The number of hydrogen-bond donors (Lipinski definition) is 1. The minimum Gasteiger partial charge on any atom is -0.396 e. The van der Waals surface area contributed by atoms with E-state index in [9.17, 15) is 4.39 Å². The molecule has 0 aliphatic heterocycles. The summed E-state index contributed by atoms with van der Waals surface area (Å²) in [4.78, 5) is 4.15. The third kappa shape index (κ3) is 2.16. The third-order valence-corrected chi connectivity index (χ3v) is 2.66. The minimum atomic E-state index is -0.397. The quantitative estimate of drug-likeness (QED) is 0.770. The summed E-state index contributed by atoms with van der Waals surface area (Å²) in [7, 11) is 0. The Labute approximate surface area is 100 Å². The summed E-state index contributed by atoms with van der Waals surface area (Å²) in [6.45, 7) is 6.31. The number of rotatable bonds is 1. The number of aromatic nitrogens is 2. The van der Waals surface area contributed by atoms with E-state index in [1.165, 1.54) is 6.07 Å². The predicted molar refractivity (Wildman–Crippen MR) is 66.6 cm³/mol. The molecule has 0 amide bonds. The zero-order valence-corrected chi connectivity index (χ0v) is 10.2. The van der Waals surface area contributed by atoms with Gasteiger partial charge in [0, 0.05) is 23.0 Å². The molecule has 2 N–H and O–H groups in total. The summed E-state index contributed by atoms with van der Waals surface area (Å²) in [5.74, 6) is -0.397. The summed E-state index contributed by atoms with van der Waals surface area (Å²) < 4.78 is 15.1. The SMILES string of the molecule is CC(C)(C)c1cncn1-c1ccc(F)c(N)c1. The van der Waals surface area contributed by atoms with Crippen molar-refractivity contribution >= 4 is 5.69 Å². The molecule has 3 nitrogen and oxygen atoms in total. The Morgan fingerprint density at radius 1 is 1.29 bits per heavy atom. The van der Waals surface area contributed by atoms with Crippen LogP contribution in [0.1, 0.15) is 26.5 Å². The van der Waals surface area contributed by atoms with Gasteiger partial charge in [0.2, 0.25) is 0 Å². The second kappa shape index (κ2) is 3.87. The normalized spacial score (nSPS) is 11.8. The lowest BCUT2D eigenvalue weighted by Gasteiger charge is -2.20. The first kappa shape index (κ1) is 11.6. The molecular weight excluding hydrogens is 217 g/mol. The lowest BCUT2D eigenvalue weighted by Crippen LogP contribution is -2.16. The fourth-order valence-electron chi connectivity index (χ4n) is 1.74. The van der Waals surface area contributed by atoms with Crippen LogP contribution in [0.4, 0.5) is 10.1 Å². The highest BCUT2D eigenvalue weighted by atomic mass is 19.1. The molecule has 1 heterocycles. The van der Waals surface area contributed by atoms with Gasteiger partial charge in [-0.25, -0.2) is 9.37 Å². The van der Waals surface area contributed by atoms with Gasteiger partial charge in [0.15, 0.2) is 0 Å². The maximum Gasteiger partial charge on any atom is 0.146 e. The fraction of sp³-hybridized carbons (Fsp3) is 0.308. The van der Waals surface area contributed by atoms with Gasteiger partial charge in [-0.15, -0.1) is 0 Å². The van der Waals surface area contributed by atoms with E-state index < -0.39 is 5.82 Å². The average Bonchev–Trinajstić information content (AvgIpc) is 2.70. The number of hydrogen-bond acceptors (Lipinski definition) is 2. The molecule has 2 rings (SSSR count). The van der Waals surface area contributed by atoms with Crippen LogP contribution in [-0.2, 0) is 5.41 Å². The van der Waals surface area contributed by atoms with Crippen LogP contribution in [0.15, 0.2) is 30.7 Å². The zero-order chi connectivity index (χ0) is 12.6. The molecule has 0 bridgehead atoms. The summed E-state index contributed by atoms with van der Waals surface area (Å²) in [5.41, 5.74) is 7.58. The Kier molecular flexibility index (Phi) is 2.65. The van der Waals surface area contributed by atoms with Crippen LogP contribution >= 0.6 is 0 Å². The van der Waals surface area contributed by atoms with E-state index in [-0.39, 0.29) is 11.1 Å². The van der Waals surface area contributed by atoms with Gasteiger partial charge in [-0.1, -0.05) is 20.8 Å². The van der Waals surface area contributed by atoms with E-state index in [0.29, 0.717) is 0 Å². The van der Waals surface area contributed by atoms with Crippen molar-refractivity contribution in [3.63, 3.8) is 0 Å². The Hall–Kier alpha value is -1.84. The van der Waals surface area contributed by atoms with Crippen molar-refractivity contribution in [1.29, 1.82) is 0 Å². The monoisotopic (exact) mass is 233 g/mol. The molecule has 1 aromatic carbocycles. The minimum absolute atomic E-state index is 0.0281. The third-order valence-electron chi connectivity index (χ3n) is 2.66. The van der Waals surface area contributed by atoms with E-state index in [1.54, 1.807) is 18.5 Å². The van der Waals surface area contributed by atoms with Gasteiger partial charge in [0.25, 0.3) is 0 Å². The highest BCUT2D eigenvalue weighted by Gasteiger charge is 2.19. The number of nitrogens with two attached hydrogens (primary N) is 1. The molecule has 0 aliphatic rings. The molecule has 1 aromatic heterocycles. The molecule has 0 saturated carbocycles. The smallest absolute Gasteiger partial charge is 0.146 e. The van der Waals surface area contributed by atoms with Crippen molar-refractivity contribution in [2.24, 2.45) is 0 Å². The van der Waals surface area contributed by atoms with Crippen LogP contribution < -0.4 is 5.73 Å². The summed E-state index contributed by atoms with van der Waals surface area (Å²) in [6, 6.07) is 4.69. The van der Waals surface area contributed by atoms with Gasteiger partial charge in [0.05, 0.1) is 12.0 Å². The van der Waals surface area contributed by atoms with Crippen LogP contribution in [0.25, 0.3) is 5.69 Å². The molecule has 17 heavy (non-hydrogen) atoms. The van der Waals surface area contributed by atoms with Gasteiger partial charge < -0.3 is 10.3 Å². The average molecular weight is 233 g/mol. The Balaban J connectivity index is 2.54. The number of benzene rings is 1. The fourth-order valence-corrected chi connectivity index (χ4v) is 1.74. The van der Waals surface area contributed by atoms with Crippen molar-refractivity contribution in [2.75, 3.05) is 5.73 Å². The van der Waals surface area contributed by atoms with Crippen molar-refractivity contribution in [2.45, 2.75) is 26.2 Å². The molecule has 2 aromatic rings. The molecule has 0 saturated heterocycles. The van der Waals surface area contributed by atoms with Crippen molar-refractivity contribution in [3.8, 4) is 5.69 Å². The second-order valence-electron chi connectivity index (χ2n) is 5.10. The number of halogens is 1. The standard InChI is InChI=1S/C13H16FN3/c1-13(2,3)12-7-16-8-17(12)9-4-5-10(14)11(15)6-9/h4-8H,15H2,1-3H3. The highest BCUT2D eigenvalue weighted by molar-refractivity contribution is 5.49. The Bertz CT molecular complexity index is 538. The highest BCUT2D eigenvalue weighted by Crippen LogP contribution is 2.25. The van der Waals surface area contributed by atoms with Crippen LogP contribution in [0.3, 0.4) is 0 Å². The van der Waals surface area contributed by atoms with Gasteiger partial charge in [-0.3, -0.25) is 0 Å². The lowest BCUT2D eigenvalue weighted by molar-refractivity contribution is 0.556. The summed E-state index contributed by atoms with van der Waals surface area (Å²) in [6.07, 6.45) is 3.53. The Morgan fingerprint density at radius 3 is 2.59 bits per heavy atom. The number of nitrogens with zero attached hydrogens (tertiary/aromatic N) is 2. The predicted octanol–water partition coefficient (Wildman–Crippen LogP) is 2.89. The van der Waals surface area contributed by atoms with E-state index in [1.807, 2.05) is 10.8 Å². The van der Waals surface area contributed by atoms with Crippen LogP contribution in [-0.4, -0.2) is 9.55 Å². The van der Waals surface area contributed by atoms with Crippen molar-refractivity contribution in [1.82, 2.24) is 9.55 Å². The molecule has 0 unspecified atom stereocenters. The molecular formula is C13H16FN3. The molecule has 0 fully saturated rings. The first-order valence-corrected chi connectivity index (χ1v) is 5.48. The van der Waals surface area contributed by atoms with Crippen LogP contribution in [0, 0.1) is 5.82 Å². The summed E-state index contributed by atoms with van der Waals surface area (Å²) >= 11 is 0. The first-order valence-electron chi connectivity index (χ1n) is 5.48. The zero-order valence-electron chi connectivity index (χ0n) is 10.2. The van der Waals surface area contributed by atoms with E-state index in [0.717, 1.165) is 11.4 Å².